The van der Waals surface area contributed by atoms with Crippen molar-refractivity contribution in [1.82, 2.24) is 0 Å². The van der Waals surface area contributed by atoms with E-state index in [1.807, 2.05) is 38.1 Å². The normalized spacial score (nSPS) is 11.5. The molecular weight excluding hydrogens is 276 g/mol. The van der Waals surface area contributed by atoms with Crippen LogP contribution in [0.5, 0.6) is 11.5 Å². The Kier molecular flexibility index (Phi) is 5.09. The Morgan fingerprint density at radius 1 is 0.818 bits per heavy atom. The first kappa shape index (κ1) is 16.4. The molecule has 0 atom stereocenters. The Labute approximate surface area is 132 Å². The van der Waals surface area contributed by atoms with Gasteiger partial charge in [-0.1, -0.05) is 24.3 Å². The second kappa shape index (κ2) is 6.84. The van der Waals surface area contributed by atoms with E-state index in [-0.39, 0.29) is 5.92 Å². The van der Waals surface area contributed by atoms with Crippen LogP contribution in [0.4, 0.5) is 0 Å². The van der Waals surface area contributed by atoms with E-state index in [2.05, 4.69) is 24.3 Å². The molecule has 3 nitrogen and oxygen atoms in total. The Hall–Kier alpha value is -2.00. The van der Waals surface area contributed by atoms with Crippen molar-refractivity contribution in [2.45, 2.75) is 31.8 Å². The van der Waals surface area contributed by atoms with E-state index >= 15 is 0 Å². The van der Waals surface area contributed by atoms with Gasteiger partial charge in [-0.2, -0.15) is 0 Å². The second-order valence-electron chi connectivity index (χ2n) is 6.12. The highest BCUT2D eigenvalue weighted by atomic mass is 16.5. The second-order valence-corrected chi connectivity index (χ2v) is 6.12. The minimum Gasteiger partial charge on any atom is -0.497 e. The average Bonchev–Trinajstić information content (AvgIpc) is 2.52. The largest absolute Gasteiger partial charge is 0.497 e. The van der Waals surface area contributed by atoms with Gasteiger partial charge in [-0.05, 0) is 55.7 Å². The van der Waals surface area contributed by atoms with Gasteiger partial charge >= 0.3 is 0 Å². The standard InChI is InChI=1S/C19H24O3/c1-19(2,20)13-18(14-5-9-16(21-3)10-6-14)15-7-11-17(22-4)12-8-15/h5-12,18,20H,13H2,1-4H3. The minimum atomic E-state index is -0.746. The average molecular weight is 300 g/mol. The van der Waals surface area contributed by atoms with Gasteiger partial charge in [-0.15, -0.1) is 0 Å². The third-order valence-corrected chi connectivity index (χ3v) is 3.74. The zero-order chi connectivity index (χ0) is 16.2. The summed E-state index contributed by atoms with van der Waals surface area (Å²) < 4.78 is 10.4. The summed E-state index contributed by atoms with van der Waals surface area (Å²) in [6.07, 6.45) is 0.645. The van der Waals surface area contributed by atoms with E-state index < -0.39 is 5.60 Å². The summed E-state index contributed by atoms with van der Waals surface area (Å²) >= 11 is 0. The Balaban J connectivity index is 2.35. The van der Waals surface area contributed by atoms with Gasteiger partial charge in [0.1, 0.15) is 11.5 Å². The number of ether oxygens (including phenoxy) is 2. The highest BCUT2D eigenvalue weighted by Gasteiger charge is 2.23. The summed E-state index contributed by atoms with van der Waals surface area (Å²) in [6, 6.07) is 16.0. The number of rotatable bonds is 6. The van der Waals surface area contributed by atoms with E-state index in [1.54, 1.807) is 14.2 Å². The molecule has 0 saturated heterocycles. The van der Waals surface area contributed by atoms with Gasteiger partial charge in [0.25, 0.3) is 0 Å². The molecule has 22 heavy (non-hydrogen) atoms. The summed E-state index contributed by atoms with van der Waals surface area (Å²) in [4.78, 5) is 0. The molecule has 0 fully saturated rings. The van der Waals surface area contributed by atoms with Crippen LogP contribution in [0, 0.1) is 0 Å². The molecule has 2 rings (SSSR count). The topological polar surface area (TPSA) is 38.7 Å². The van der Waals surface area contributed by atoms with Gasteiger partial charge in [0.15, 0.2) is 0 Å². The van der Waals surface area contributed by atoms with Gasteiger partial charge in [-0.3, -0.25) is 0 Å². The van der Waals surface area contributed by atoms with Crippen molar-refractivity contribution in [3.63, 3.8) is 0 Å². The van der Waals surface area contributed by atoms with Crippen LogP contribution in [-0.4, -0.2) is 24.9 Å². The fourth-order valence-corrected chi connectivity index (χ4v) is 2.60. The lowest BCUT2D eigenvalue weighted by molar-refractivity contribution is 0.0666. The molecule has 0 aliphatic heterocycles. The van der Waals surface area contributed by atoms with Gasteiger partial charge in [-0.25, -0.2) is 0 Å². The molecule has 0 aliphatic carbocycles. The lowest BCUT2D eigenvalue weighted by atomic mass is 9.83. The maximum absolute atomic E-state index is 10.3. The molecule has 0 amide bonds. The first-order valence-corrected chi connectivity index (χ1v) is 7.43. The molecule has 0 spiro atoms. The summed E-state index contributed by atoms with van der Waals surface area (Å²) in [5.74, 6) is 1.79. The number of aliphatic hydroxyl groups is 1. The molecule has 0 heterocycles. The minimum absolute atomic E-state index is 0.122. The van der Waals surface area contributed by atoms with Gasteiger partial charge in [0.05, 0.1) is 19.8 Å². The third kappa shape index (κ3) is 4.25. The Bertz CT molecular complexity index is 532. The summed E-state index contributed by atoms with van der Waals surface area (Å²) in [5, 5.41) is 10.3. The number of hydrogen-bond donors (Lipinski definition) is 1. The number of benzene rings is 2. The zero-order valence-electron chi connectivity index (χ0n) is 13.7. The van der Waals surface area contributed by atoms with E-state index in [0.717, 1.165) is 22.6 Å². The van der Waals surface area contributed by atoms with Crippen molar-refractivity contribution in [2.75, 3.05) is 14.2 Å². The molecule has 0 aromatic heterocycles. The van der Waals surface area contributed by atoms with Gasteiger partial charge < -0.3 is 14.6 Å². The van der Waals surface area contributed by atoms with Crippen molar-refractivity contribution in [3.05, 3.63) is 59.7 Å². The van der Waals surface area contributed by atoms with Crippen LogP contribution in [0.3, 0.4) is 0 Å². The van der Waals surface area contributed by atoms with Gasteiger partial charge in [0.2, 0.25) is 0 Å². The van der Waals surface area contributed by atoms with Crippen molar-refractivity contribution >= 4 is 0 Å². The lowest BCUT2D eigenvalue weighted by Crippen LogP contribution is -2.22. The maximum atomic E-state index is 10.3. The van der Waals surface area contributed by atoms with Crippen LogP contribution in [0.2, 0.25) is 0 Å². The molecule has 3 heteroatoms. The van der Waals surface area contributed by atoms with Crippen molar-refractivity contribution in [2.24, 2.45) is 0 Å². The lowest BCUT2D eigenvalue weighted by Gasteiger charge is -2.26. The molecule has 2 aromatic carbocycles. The molecule has 0 bridgehead atoms. The van der Waals surface area contributed by atoms with Crippen LogP contribution in [-0.2, 0) is 0 Å². The summed E-state index contributed by atoms with van der Waals surface area (Å²) in [5.41, 5.74) is 1.58. The highest BCUT2D eigenvalue weighted by Crippen LogP contribution is 2.34. The molecule has 1 N–H and O–H groups in total. The van der Waals surface area contributed by atoms with Crippen LogP contribution < -0.4 is 9.47 Å². The van der Waals surface area contributed by atoms with Crippen LogP contribution >= 0.6 is 0 Å². The monoisotopic (exact) mass is 300 g/mol. The van der Waals surface area contributed by atoms with Crippen LogP contribution in [0.25, 0.3) is 0 Å². The molecule has 0 radical (unpaired) electrons. The van der Waals surface area contributed by atoms with E-state index in [9.17, 15) is 5.11 Å². The Morgan fingerprint density at radius 2 is 1.18 bits per heavy atom. The predicted octanol–water partition coefficient (Wildman–Crippen LogP) is 4.00. The number of methoxy groups -OCH3 is 2. The van der Waals surface area contributed by atoms with Crippen LogP contribution in [0.1, 0.15) is 37.3 Å². The molecule has 0 unspecified atom stereocenters. The molecule has 0 saturated carbocycles. The van der Waals surface area contributed by atoms with Crippen LogP contribution in [0.15, 0.2) is 48.5 Å². The van der Waals surface area contributed by atoms with Crippen molar-refractivity contribution in [1.29, 1.82) is 0 Å². The number of hydrogen-bond acceptors (Lipinski definition) is 3. The Morgan fingerprint density at radius 3 is 1.45 bits per heavy atom. The molecule has 118 valence electrons. The SMILES string of the molecule is COc1ccc(C(CC(C)(C)O)c2ccc(OC)cc2)cc1. The predicted molar refractivity (Wildman–Crippen MR) is 88.7 cm³/mol. The van der Waals surface area contributed by atoms with Crippen molar-refractivity contribution in [3.8, 4) is 11.5 Å². The first-order valence-electron chi connectivity index (χ1n) is 7.43. The van der Waals surface area contributed by atoms with E-state index in [0.29, 0.717) is 6.42 Å². The first-order chi connectivity index (χ1) is 10.4. The zero-order valence-corrected chi connectivity index (χ0v) is 13.7. The summed E-state index contributed by atoms with van der Waals surface area (Å²) in [7, 11) is 3.32. The fraction of sp³-hybridized carbons (Fsp3) is 0.368. The molecule has 2 aromatic rings. The third-order valence-electron chi connectivity index (χ3n) is 3.74. The van der Waals surface area contributed by atoms with Gasteiger partial charge in [0, 0.05) is 5.92 Å². The van der Waals surface area contributed by atoms with E-state index in [1.165, 1.54) is 0 Å². The quantitative estimate of drug-likeness (QED) is 0.876. The van der Waals surface area contributed by atoms with E-state index in [4.69, 9.17) is 9.47 Å². The maximum Gasteiger partial charge on any atom is 0.118 e. The smallest absolute Gasteiger partial charge is 0.118 e. The fourth-order valence-electron chi connectivity index (χ4n) is 2.60. The highest BCUT2D eigenvalue weighted by molar-refractivity contribution is 5.38. The van der Waals surface area contributed by atoms with Crippen molar-refractivity contribution < 1.29 is 14.6 Å². The summed E-state index contributed by atoms with van der Waals surface area (Å²) in [6.45, 7) is 3.68. The molecular formula is C19H24O3. The molecule has 0 aliphatic rings.